The second-order valence-corrected chi connectivity index (χ2v) is 12.9. The second kappa shape index (κ2) is 6.58. The molecule has 0 saturated heterocycles. The van der Waals surface area contributed by atoms with Crippen LogP contribution < -0.4 is 0 Å². The molecule has 0 aliphatic carbocycles. The quantitative estimate of drug-likeness (QED) is 0.222. The van der Waals surface area contributed by atoms with Gasteiger partial charge < -0.3 is 0 Å². The molecule has 0 radical (unpaired) electrons. The van der Waals surface area contributed by atoms with Crippen molar-refractivity contribution in [2.45, 2.75) is 26.7 Å². The Hall–Kier alpha value is -2.50. The van der Waals surface area contributed by atoms with Crippen LogP contribution >= 0.6 is 45.3 Å². The molecule has 0 spiro atoms. The minimum Gasteiger partial charge on any atom is -0.143 e. The molecule has 34 heavy (non-hydrogen) atoms. The molecule has 0 unspecified atom stereocenters. The third kappa shape index (κ3) is 2.04. The molecule has 164 valence electrons. The van der Waals surface area contributed by atoms with Crippen LogP contribution in [0.15, 0.2) is 36.1 Å². The van der Waals surface area contributed by atoms with Crippen LogP contribution in [0, 0.1) is 0 Å². The lowest BCUT2D eigenvalue weighted by atomic mass is 9.90. The van der Waals surface area contributed by atoms with Gasteiger partial charge >= 0.3 is 0 Å². The van der Waals surface area contributed by atoms with Crippen molar-refractivity contribution >= 4 is 129 Å². The molecular formula is C30H20S4. The van der Waals surface area contributed by atoms with Crippen molar-refractivity contribution < 1.29 is 0 Å². The van der Waals surface area contributed by atoms with Gasteiger partial charge in [-0.2, -0.15) is 0 Å². The van der Waals surface area contributed by atoms with E-state index in [2.05, 4.69) is 62.1 Å². The van der Waals surface area contributed by atoms with Crippen molar-refractivity contribution in [2.24, 2.45) is 0 Å². The Morgan fingerprint density at radius 1 is 0.618 bits per heavy atom. The summed E-state index contributed by atoms with van der Waals surface area (Å²) in [4.78, 5) is 0. The third-order valence-electron chi connectivity index (χ3n) is 7.68. The monoisotopic (exact) mass is 508 g/mol. The standard InChI is InChI=1S/C30H20S4/c1-5-13-15(7-3)29-25-21-17(11-31-27(13)21)18-12-32-28-14(6-2)16(8-4)30-26(22(18)28)24-20(34-30)10-9-19(33-29)23(24)25/h7-12H,3-6H2,1-2H3. The first-order chi connectivity index (χ1) is 16.7. The summed E-state index contributed by atoms with van der Waals surface area (Å²) in [6, 6.07) is 4.71. The van der Waals surface area contributed by atoms with Crippen LogP contribution in [0.3, 0.4) is 0 Å². The van der Waals surface area contributed by atoms with Crippen molar-refractivity contribution in [3.8, 4) is 0 Å². The highest BCUT2D eigenvalue weighted by molar-refractivity contribution is 7.29. The molecule has 0 aliphatic heterocycles. The van der Waals surface area contributed by atoms with E-state index in [-0.39, 0.29) is 0 Å². The number of thiophene rings is 4. The van der Waals surface area contributed by atoms with Gasteiger partial charge in [-0.25, -0.2) is 0 Å². The molecule has 8 rings (SSSR count). The van der Waals surface area contributed by atoms with Crippen LogP contribution in [0.2, 0.25) is 0 Å². The Morgan fingerprint density at radius 2 is 1.06 bits per heavy atom. The van der Waals surface area contributed by atoms with Gasteiger partial charge in [0, 0.05) is 71.3 Å². The van der Waals surface area contributed by atoms with Crippen molar-refractivity contribution in [1.29, 1.82) is 0 Å². The van der Waals surface area contributed by atoms with E-state index in [1.54, 1.807) is 0 Å². The topological polar surface area (TPSA) is 0 Å². The lowest BCUT2D eigenvalue weighted by molar-refractivity contribution is 1.16. The van der Waals surface area contributed by atoms with Crippen LogP contribution in [0.25, 0.3) is 83.4 Å². The Bertz CT molecular complexity index is 1970. The van der Waals surface area contributed by atoms with Gasteiger partial charge in [0.15, 0.2) is 0 Å². The fourth-order valence-corrected chi connectivity index (χ4v) is 11.3. The van der Waals surface area contributed by atoms with E-state index in [1.165, 1.54) is 93.5 Å². The fraction of sp³-hybridized carbons (Fsp3) is 0.133. The molecule has 0 aliphatic rings. The van der Waals surface area contributed by atoms with E-state index < -0.39 is 0 Å². The fourth-order valence-electron chi connectivity index (χ4n) is 6.34. The molecule has 0 N–H and O–H groups in total. The average molecular weight is 509 g/mol. The van der Waals surface area contributed by atoms with Crippen molar-refractivity contribution in [3.05, 3.63) is 58.3 Å². The van der Waals surface area contributed by atoms with Gasteiger partial charge in [0.25, 0.3) is 0 Å². The van der Waals surface area contributed by atoms with Crippen molar-refractivity contribution in [1.82, 2.24) is 0 Å². The molecule has 4 aromatic heterocycles. The minimum absolute atomic E-state index is 1.03. The number of benzene rings is 3. The van der Waals surface area contributed by atoms with Crippen LogP contribution in [0.1, 0.15) is 36.1 Å². The molecule has 8 aromatic rings. The molecule has 0 amide bonds. The Morgan fingerprint density at radius 3 is 1.44 bits per heavy atom. The Labute approximate surface area is 212 Å². The molecule has 0 fully saturated rings. The SMILES string of the molecule is C=Cc1c(CC)c2scc3c4csc5c(CC)c(C=C)c6sc7ccc8sc1c(c23)c8c7c6c54. The molecule has 0 nitrogen and oxygen atoms in total. The maximum absolute atomic E-state index is 4.26. The number of hydrogen-bond donors (Lipinski definition) is 0. The van der Waals surface area contributed by atoms with Crippen LogP contribution in [0.4, 0.5) is 0 Å². The van der Waals surface area contributed by atoms with Crippen molar-refractivity contribution in [2.75, 3.05) is 0 Å². The van der Waals surface area contributed by atoms with Gasteiger partial charge in [0.05, 0.1) is 0 Å². The van der Waals surface area contributed by atoms with Crippen LogP contribution in [-0.2, 0) is 12.8 Å². The molecule has 4 heteroatoms. The zero-order valence-corrected chi connectivity index (χ0v) is 22.2. The second-order valence-electron chi connectivity index (χ2n) is 9.03. The van der Waals surface area contributed by atoms with Gasteiger partial charge in [-0.1, -0.05) is 39.2 Å². The normalized spacial score (nSPS) is 12.9. The lowest BCUT2D eigenvalue weighted by Gasteiger charge is -2.12. The number of aryl methyl sites for hydroxylation is 2. The van der Waals surface area contributed by atoms with Crippen LogP contribution in [-0.4, -0.2) is 0 Å². The van der Waals surface area contributed by atoms with Gasteiger partial charge in [-0.3, -0.25) is 0 Å². The van der Waals surface area contributed by atoms with Gasteiger partial charge in [-0.15, -0.1) is 45.3 Å². The average Bonchev–Trinajstić information content (AvgIpc) is 3.61. The van der Waals surface area contributed by atoms with E-state index in [0.717, 1.165) is 12.8 Å². The molecule has 4 heterocycles. The molecule has 0 bridgehead atoms. The maximum atomic E-state index is 4.26. The predicted molar refractivity (Wildman–Crippen MR) is 162 cm³/mol. The highest BCUT2D eigenvalue weighted by Crippen LogP contribution is 2.56. The highest BCUT2D eigenvalue weighted by atomic mass is 32.1. The summed E-state index contributed by atoms with van der Waals surface area (Å²) >= 11 is 7.75. The zero-order valence-electron chi connectivity index (χ0n) is 18.9. The first-order valence-electron chi connectivity index (χ1n) is 11.7. The summed E-state index contributed by atoms with van der Waals surface area (Å²) in [7, 11) is 0. The summed E-state index contributed by atoms with van der Waals surface area (Å²) in [5, 5.41) is 16.5. The van der Waals surface area contributed by atoms with E-state index in [9.17, 15) is 0 Å². The van der Waals surface area contributed by atoms with E-state index in [1.807, 2.05) is 45.3 Å². The summed E-state index contributed by atoms with van der Waals surface area (Å²) in [5.41, 5.74) is 5.58. The van der Waals surface area contributed by atoms with E-state index >= 15 is 0 Å². The molecule has 0 saturated carbocycles. The summed E-state index contributed by atoms with van der Waals surface area (Å²) in [6.45, 7) is 13.1. The van der Waals surface area contributed by atoms with Gasteiger partial charge in [-0.05, 0) is 58.0 Å². The smallest absolute Gasteiger partial charge is 0.0437 e. The van der Waals surface area contributed by atoms with E-state index in [0.29, 0.717) is 0 Å². The Kier molecular flexibility index (Phi) is 3.83. The number of hydrogen-bond acceptors (Lipinski definition) is 4. The van der Waals surface area contributed by atoms with E-state index in [4.69, 9.17) is 0 Å². The summed E-state index contributed by atoms with van der Waals surface area (Å²) in [6.07, 6.45) is 6.25. The zero-order chi connectivity index (χ0) is 22.9. The van der Waals surface area contributed by atoms with Gasteiger partial charge in [0.2, 0.25) is 0 Å². The largest absolute Gasteiger partial charge is 0.143 e. The molecule has 0 atom stereocenters. The maximum Gasteiger partial charge on any atom is 0.0437 e. The lowest BCUT2D eigenvalue weighted by Crippen LogP contribution is -1.90. The van der Waals surface area contributed by atoms with Gasteiger partial charge in [0.1, 0.15) is 0 Å². The summed E-state index contributed by atoms with van der Waals surface area (Å²) in [5.74, 6) is 0. The minimum atomic E-state index is 1.03. The summed E-state index contributed by atoms with van der Waals surface area (Å²) < 4.78 is 8.50. The predicted octanol–water partition coefficient (Wildman–Crippen LogP) is 11.3. The number of fused-ring (bicyclic) bond motifs is 1. The van der Waals surface area contributed by atoms with Crippen molar-refractivity contribution in [3.63, 3.8) is 0 Å². The first kappa shape index (κ1) is 19.8. The molecular weight excluding hydrogens is 489 g/mol. The van der Waals surface area contributed by atoms with Crippen LogP contribution in [0.5, 0.6) is 0 Å². The Balaban J connectivity index is 1.88. The third-order valence-corrected chi connectivity index (χ3v) is 12.1. The first-order valence-corrected chi connectivity index (χ1v) is 15.1. The highest BCUT2D eigenvalue weighted by Gasteiger charge is 2.27. The molecule has 4 aromatic carbocycles. The number of rotatable bonds is 4.